The zero-order chi connectivity index (χ0) is 20.8. The van der Waals surface area contributed by atoms with Gasteiger partial charge in [-0.3, -0.25) is 4.79 Å². The smallest absolute Gasteiger partial charge is 0.187 e. The van der Waals surface area contributed by atoms with E-state index >= 15 is 0 Å². The van der Waals surface area contributed by atoms with Gasteiger partial charge in [-0.05, 0) is 63.2 Å². The quantitative estimate of drug-likeness (QED) is 0.541. The van der Waals surface area contributed by atoms with Gasteiger partial charge in [0.15, 0.2) is 6.29 Å². The van der Waals surface area contributed by atoms with Crippen molar-refractivity contribution < 1.29 is 34.7 Å². The molecule has 162 valence electrons. The van der Waals surface area contributed by atoms with Crippen LogP contribution in [0.15, 0.2) is 0 Å². The zero-order valence-electron chi connectivity index (χ0n) is 17.3. The van der Waals surface area contributed by atoms with Crippen LogP contribution in [0, 0.1) is 29.6 Å². The highest BCUT2D eigenvalue weighted by Gasteiger charge is 2.56. The predicted molar refractivity (Wildman–Crippen MR) is 101 cm³/mol. The summed E-state index contributed by atoms with van der Waals surface area (Å²) in [6.45, 7) is 7.62. The van der Waals surface area contributed by atoms with Crippen molar-refractivity contribution in [2.75, 3.05) is 6.61 Å². The Hall–Kier alpha value is -0.570. The number of Topliss-reactive ketones (excluding diaryl/α,β-unsaturated/α-hetero) is 1. The van der Waals surface area contributed by atoms with Gasteiger partial charge in [-0.1, -0.05) is 13.8 Å². The second-order valence-corrected chi connectivity index (χ2v) is 9.55. The third kappa shape index (κ3) is 3.77. The summed E-state index contributed by atoms with van der Waals surface area (Å²) in [5.74, 6) is 1.60. The highest BCUT2D eigenvalue weighted by atomic mass is 16.7. The number of rotatable bonds is 5. The van der Waals surface area contributed by atoms with Crippen molar-refractivity contribution in [2.45, 2.75) is 89.7 Å². The molecule has 1 saturated heterocycles. The molecular formula is C21H36O7. The number of hydrogen-bond acceptors (Lipinski definition) is 7. The normalized spacial score (nSPS) is 49.2. The van der Waals surface area contributed by atoms with E-state index in [0.29, 0.717) is 11.8 Å². The van der Waals surface area contributed by atoms with Gasteiger partial charge in [0.1, 0.15) is 30.2 Å². The first-order valence-corrected chi connectivity index (χ1v) is 10.6. The third-order valence-electron chi connectivity index (χ3n) is 7.58. The van der Waals surface area contributed by atoms with Crippen molar-refractivity contribution in [2.24, 2.45) is 29.6 Å². The summed E-state index contributed by atoms with van der Waals surface area (Å²) in [5, 5.41) is 39.9. The SMILES string of the molecule is CC(=O)C1CCC2C1C(C(C)C)CCC2(C)OC1OC(CO)C(O)C(O)C1O. The lowest BCUT2D eigenvalue weighted by molar-refractivity contribution is -0.336. The van der Waals surface area contributed by atoms with Gasteiger partial charge in [0.2, 0.25) is 0 Å². The Morgan fingerprint density at radius 1 is 1.14 bits per heavy atom. The molecule has 3 fully saturated rings. The van der Waals surface area contributed by atoms with Gasteiger partial charge in [0.25, 0.3) is 0 Å². The van der Waals surface area contributed by atoms with Crippen molar-refractivity contribution in [1.82, 2.24) is 0 Å². The minimum Gasteiger partial charge on any atom is -0.394 e. The molecule has 4 N–H and O–H groups in total. The lowest BCUT2D eigenvalue weighted by Crippen LogP contribution is -2.62. The van der Waals surface area contributed by atoms with E-state index in [2.05, 4.69) is 13.8 Å². The molecule has 2 aliphatic carbocycles. The molecule has 0 spiro atoms. The molecule has 3 aliphatic rings. The summed E-state index contributed by atoms with van der Waals surface area (Å²) in [7, 11) is 0. The first-order valence-electron chi connectivity index (χ1n) is 10.6. The van der Waals surface area contributed by atoms with E-state index < -0.39 is 42.9 Å². The van der Waals surface area contributed by atoms with Crippen LogP contribution in [-0.4, -0.2) is 69.1 Å². The Bertz CT molecular complexity index is 565. The van der Waals surface area contributed by atoms with Gasteiger partial charge in [-0.25, -0.2) is 0 Å². The molecule has 10 unspecified atom stereocenters. The van der Waals surface area contributed by atoms with Gasteiger partial charge in [0.05, 0.1) is 12.2 Å². The van der Waals surface area contributed by atoms with Gasteiger partial charge in [-0.15, -0.1) is 0 Å². The molecule has 7 heteroatoms. The molecule has 0 amide bonds. The number of hydrogen-bond donors (Lipinski definition) is 4. The fourth-order valence-electron chi connectivity index (χ4n) is 5.99. The molecule has 2 saturated carbocycles. The summed E-state index contributed by atoms with van der Waals surface area (Å²) in [6, 6.07) is 0. The second-order valence-electron chi connectivity index (χ2n) is 9.55. The summed E-state index contributed by atoms with van der Waals surface area (Å²) in [6.07, 6.45) is -2.93. The van der Waals surface area contributed by atoms with Crippen molar-refractivity contribution in [3.63, 3.8) is 0 Å². The average Bonchev–Trinajstić information content (AvgIpc) is 3.09. The molecule has 0 bridgehead atoms. The molecule has 0 aromatic heterocycles. The van der Waals surface area contributed by atoms with E-state index in [1.54, 1.807) is 6.92 Å². The van der Waals surface area contributed by atoms with Gasteiger partial charge < -0.3 is 29.9 Å². The Labute approximate surface area is 167 Å². The van der Waals surface area contributed by atoms with E-state index in [-0.39, 0.29) is 23.5 Å². The Kier molecular flexibility index (Phi) is 6.54. The van der Waals surface area contributed by atoms with E-state index in [1.807, 2.05) is 6.92 Å². The molecule has 7 nitrogen and oxygen atoms in total. The molecule has 0 radical (unpaired) electrons. The Morgan fingerprint density at radius 2 is 1.82 bits per heavy atom. The molecule has 0 aromatic carbocycles. The molecule has 10 atom stereocenters. The number of ether oxygens (including phenoxy) is 2. The van der Waals surface area contributed by atoms with Crippen LogP contribution in [0.3, 0.4) is 0 Å². The van der Waals surface area contributed by atoms with Crippen LogP contribution in [0.25, 0.3) is 0 Å². The summed E-state index contributed by atoms with van der Waals surface area (Å²) in [5.41, 5.74) is -0.603. The lowest BCUT2D eigenvalue weighted by atomic mass is 9.61. The summed E-state index contributed by atoms with van der Waals surface area (Å²) < 4.78 is 11.9. The Balaban J connectivity index is 1.82. The first-order chi connectivity index (χ1) is 13.1. The molecule has 28 heavy (non-hydrogen) atoms. The largest absolute Gasteiger partial charge is 0.394 e. The van der Waals surface area contributed by atoms with Crippen LogP contribution in [0.1, 0.15) is 53.4 Å². The van der Waals surface area contributed by atoms with Crippen LogP contribution in [0.5, 0.6) is 0 Å². The maximum Gasteiger partial charge on any atom is 0.187 e. The monoisotopic (exact) mass is 400 g/mol. The van der Waals surface area contributed by atoms with Crippen LogP contribution in [0.2, 0.25) is 0 Å². The van der Waals surface area contributed by atoms with Crippen LogP contribution < -0.4 is 0 Å². The summed E-state index contributed by atoms with van der Waals surface area (Å²) in [4.78, 5) is 12.3. The number of aliphatic hydroxyl groups is 4. The number of aliphatic hydroxyl groups excluding tert-OH is 4. The minimum absolute atomic E-state index is 0.0374. The molecule has 1 aliphatic heterocycles. The van der Waals surface area contributed by atoms with E-state index in [0.717, 1.165) is 25.7 Å². The topological polar surface area (TPSA) is 116 Å². The highest BCUT2D eigenvalue weighted by Crippen LogP contribution is 2.56. The molecule has 1 heterocycles. The maximum absolute atomic E-state index is 12.3. The highest BCUT2D eigenvalue weighted by molar-refractivity contribution is 5.79. The minimum atomic E-state index is -1.45. The fourth-order valence-corrected chi connectivity index (χ4v) is 5.99. The third-order valence-corrected chi connectivity index (χ3v) is 7.58. The van der Waals surface area contributed by atoms with Crippen molar-refractivity contribution in [3.8, 4) is 0 Å². The number of ketones is 1. The molecular weight excluding hydrogens is 364 g/mol. The van der Waals surface area contributed by atoms with Crippen molar-refractivity contribution in [3.05, 3.63) is 0 Å². The average molecular weight is 401 g/mol. The maximum atomic E-state index is 12.3. The van der Waals surface area contributed by atoms with Gasteiger partial charge >= 0.3 is 0 Å². The summed E-state index contributed by atoms with van der Waals surface area (Å²) >= 11 is 0. The van der Waals surface area contributed by atoms with Crippen molar-refractivity contribution in [1.29, 1.82) is 0 Å². The van der Waals surface area contributed by atoms with Crippen molar-refractivity contribution >= 4 is 5.78 Å². The fraction of sp³-hybridized carbons (Fsp3) is 0.952. The molecule has 0 aromatic rings. The lowest BCUT2D eigenvalue weighted by Gasteiger charge is -2.51. The van der Waals surface area contributed by atoms with Gasteiger partial charge in [-0.2, -0.15) is 0 Å². The van der Waals surface area contributed by atoms with Crippen LogP contribution in [0.4, 0.5) is 0 Å². The number of fused-ring (bicyclic) bond motifs is 1. The van der Waals surface area contributed by atoms with Gasteiger partial charge in [0, 0.05) is 5.92 Å². The zero-order valence-corrected chi connectivity index (χ0v) is 17.3. The van der Waals surface area contributed by atoms with Crippen LogP contribution >= 0.6 is 0 Å². The Morgan fingerprint density at radius 3 is 2.39 bits per heavy atom. The van der Waals surface area contributed by atoms with Crippen LogP contribution in [-0.2, 0) is 14.3 Å². The second kappa shape index (κ2) is 8.28. The van der Waals surface area contributed by atoms with E-state index in [4.69, 9.17) is 9.47 Å². The van der Waals surface area contributed by atoms with E-state index in [1.165, 1.54) is 0 Å². The number of carbonyl (C=O) groups excluding carboxylic acids is 1. The number of carbonyl (C=O) groups is 1. The predicted octanol–water partition coefficient (Wildman–Crippen LogP) is 0.859. The van der Waals surface area contributed by atoms with E-state index in [9.17, 15) is 25.2 Å². The standard InChI is InChI=1S/C21H36O7/c1-10(2)12-7-8-21(4,14-6-5-13(11(3)23)16(12)14)28-20-19(26)18(25)17(24)15(9-22)27-20/h10,12-20,22,24-26H,5-9H2,1-4H3. The molecule has 3 rings (SSSR count). The first kappa shape index (κ1) is 22.1.